The summed E-state index contributed by atoms with van der Waals surface area (Å²) in [4.78, 5) is 0. The predicted molar refractivity (Wildman–Crippen MR) is 51.3 cm³/mol. The molecule has 0 atom stereocenters. The Morgan fingerprint density at radius 3 is 2.57 bits per heavy atom. The van der Waals surface area contributed by atoms with Gasteiger partial charge in [0.1, 0.15) is 11.6 Å². The van der Waals surface area contributed by atoms with Gasteiger partial charge < -0.3 is 5.11 Å². The Hall–Kier alpha value is -0.810. The molecule has 78 valence electrons. The summed E-state index contributed by atoms with van der Waals surface area (Å²) in [6.07, 6.45) is 0. The number of phenols is 1. The van der Waals surface area contributed by atoms with Crippen LogP contribution in [0.4, 0.5) is 4.39 Å². The van der Waals surface area contributed by atoms with E-state index in [4.69, 9.17) is 15.8 Å². The summed E-state index contributed by atoms with van der Waals surface area (Å²) < 4.78 is 34.4. The van der Waals surface area contributed by atoms with Crippen molar-refractivity contribution in [3.63, 3.8) is 0 Å². The highest BCUT2D eigenvalue weighted by Crippen LogP contribution is 2.22. The van der Waals surface area contributed by atoms with Gasteiger partial charge in [-0.3, -0.25) is 0 Å². The van der Waals surface area contributed by atoms with E-state index < -0.39 is 20.6 Å². The third-order valence-corrected chi connectivity index (χ3v) is 2.68. The third-order valence-electron chi connectivity index (χ3n) is 1.69. The van der Waals surface area contributed by atoms with Crippen molar-refractivity contribution in [1.82, 2.24) is 0 Å². The van der Waals surface area contributed by atoms with Crippen LogP contribution in [0.5, 0.6) is 5.75 Å². The van der Waals surface area contributed by atoms with Crippen molar-refractivity contribution in [3.05, 3.63) is 29.1 Å². The smallest absolute Gasteiger partial charge is 0.236 e. The van der Waals surface area contributed by atoms with Gasteiger partial charge in [0, 0.05) is 22.3 Å². The summed E-state index contributed by atoms with van der Waals surface area (Å²) in [5.41, 5.74) is 0.358. The number of benzene rings is 1. The molecule has 3 nitrogen and oxygen atoms in total. The SMILES string of the molecule is Cc1cc(CS(=O)(=O)Cl)c(F)cc1O. The highest BCUT2D eigenvalue weighted by Gasteiger charge is 2.13. The zero-order valence-corrected chi connectivity index (χ0v) is 8.86. The van der Waals surface area contributed by atoms with E-state index >= 15 is 0 Å². The lowest BCUT2D eigenvalue weighted by Crippen LogP contribution is -1.99. The van der Waals surface area contributed by atoms with E-state index in [-0.39, 0.29) is 11.3 Å². The number of hydrogen-bond acceptors (Lipinski definition) is 3. The molecule has 0 amide bonds. The van der Waals surface area contributed by atoms with Crippen molar-refractivity contribution < 1.29 is 17.9 Å². The van der Waals surface area contributed by atoms with E-state index in [0.717, 1.165) is 6.07 Å². The molecule has 0 saturated heterocycles. The molecule has 1 aromatic carbocycles. The van der Waals surface area contributed by atoms with Gasteiger partial charge in [-0.25, -0.2) is 12.8 Å². The maximum absolute atomic E-state index is 13.1. The average Bonchev–Trinajstić information content (AvgIpc) is 1.97. The molecule has 0 aliphatic heterocycles. The van der Waals surface area contributed by atoms with Crippen molar-refractivity contribution in [3.8, 4) is 5.75 Å². The van der Waals surface area contributed by atoms with Crippen LogP contribution in [-0.2, 0) is 14.8 Å². The fourth-order valence-corrected chi connectivity index (χ4v) is 1.97. The lowest BCUT2D eigenvalue weighted by molar-refractivity contribution is 0.464. The van der Waals surface area contributed by atoms with Crippen LogP contribution in [0.2, 0.25) is 0 Å². The van der Waals surface area contributed by atoms with Gasteiger partial charge in [0.05, 0.1) is 5.75 Å². The van der Waals surface area contributed by atoms with Gasteiger partial charge in [-0.15, -0.1) is 0 Å². The molecule has 0 bridgehead atoms. The lowest BCUT2D eigenvalue weighted by Gasteiger charge is -2.04. The molecular weight excluding hydrogens is 231 g/mol. The minimum absolute atomic E-state index is 0.0460. The zero-order chi connectivity index (χ0) is 10.9. The standard InChI is InChI=1S/C8H8ClFO3S/c1-5-2-6(4-14(9,12)13)7(10)3-8(5)11/h2-3,11H,4H2,1H3. The molecule has 0 fully saturated rings. The van der Waals surface area contributed by atoms with Crippen molar-refractivity contribution in [2.75, 3.05) is 0 Å². The van der Waals surface area contributed by atoms with Crippen molar-refractivity contribution in [1.29, 1.82) is 0 Å². The number of rotatable bonds is 2. The van der Waals surface area contributed by atoms with Crippen LogP contribution in [0, 0.1) is 12.7 Å². The molecule has 0 spiro atoms. The minimum Gasteiger partial charge on any atom is -0.508 e. The quantitative estimate of drug-likeness (QED) is 0.801. The van der Waals surface area contributed by atoms with Gasteiger partial charge in [-0.1, -0.05) is 0 Å². The minimum atomic E-state index is -3.78. The van der Waals surface area contributed by atoms with Crippen LogP contribution in [0.15, 0.2) is 12.1 Å². The van der Waals surface area contributed by atoms with Crippen molar-refractivity contribution in [2.45, 2.75) is 12.7 Å². The molecule has 0 unspecified atom stereocenters. The predicted octanol–water partition coefficient (Wildman–Crippen LogP) is 1.91. The number of hydrogen-bond donors (Lipinski definition) is 1. The largest absolute Gasteiger partial charge is 0.508 e. The Kier molecular flexibility index (Phi) is 3.01. The van der Waals surface area contributed by atoms with Gasteiger partial charge in [-0.2, -0.15) is 0 Å². The molecule has 0 saturated carbocycles. The summed E-state index contributed by atoms with van der Waals surface area (Å²) in [6.45, 7) is 1.54. The van der Waals surface area contributed by atoms with Gasteiger partial charge in [0.15, 0.2) is 0 Å². The molecule has 14 heavy (non-hydrogen) atoms. The van der Waals surface area contributed by atoms with E-state index in [0.29, 0.717) is 5.56 Å². The summed E-state index contributed by atoms with van der Waals surface area (Å²) in [5, 5.41) is 9.10. The van der Waals surface area contributed by atoms with E-state index in [1.807, 2.05) is 0 Å². The summed E-state index contributed by atoms with van der Waals surface area (Å²) in [5.74, 6) is -1.57. The Morgan fingerprint density at radius 2 is 2.07 bits per heavy atom. The Morgan fingerprint density at radius 1 is 1.50 bits per heavy atom. The lowest BCUT2D eigenvalue weighted by atomic mass is 10.1. The van der Waals surface area contributed by atoms with Crippen LogP contribution in [0.1, 0.15) is 11.1 Å². The molecule has 0 aromatic heterocycles. The van der Waals surface area contributed by atoms with E-state index in [2.05, 4.69) is 0 Å². The molecule has 0 aliphatic rings. The van der Waals surface area contributed by atoms with Crippen molar-refractivity contribution >= 4 is 19.7 Å². The highest BCUT2D eigenvalue weighted by atomic mass is 35.7. The summed E-state index contributed by atoms with van der Waals surface area (Å²) >= 11 is 0. The molecule has 0 heterocycles. The van der Waals surface area contributed by atoms with Crippen molar-refractivity contribution in [2.24, 2.45) is 0 Å². The monoisotopic (exact) mass is 238 g/mol. The number of aryl methyl sites for hydroxylation is 1. The average molecular weight is 239 g/mol. The van der Waals surface area contributed by atoms with E-state index in [9.17, 15) is 12.8 Å². The van der Waals surface area contributed by atoms with E-state index in [1.165, 1.54) is 6.07 Å². The topological polar surface area (TPSA) is 54.4 Å². The molecule has 1 N–H and O–H groups in total. The maximum atomic E-state index is 13.1. The Labute approximate surface area is 85.6 Å². The number of halogens is 2. The normalized spacial score (nSPS) is 11.6. The van der Waals surface area contributed by atoms with Crippen LogP contribution in [-0.4, -0.2) is 13.5 Å². The molecule has 1 aromatic rings. The first-order valence-corrected chi connectivity index (χ1v) is 6.18. The highest BCUT2D eigenvalue weighted by molar-refractivity contribution is 8.13. The first-order valence-electron chi connectivity index (χ1n) is 3.70. The van der Waals surface area contributed by atoms with Gasteiger partial charge >= 0.3 is 0 Å². The first-order chi connectivity index (χ1) is 6.29. The Bertz CT molecular complexity index is 456. The fourth-order valence-electron chi connectivity index (χ4n) is 1.03. The number of phenolic OH excluding ortho intramolecular Hbond substituents is 1. The second-order valence-corrected chi connectivity index (χ2v) is 5.69. The molecule has 0 radical (unpaired) electrons. The second-order valence-electron chi connectivity index (χ2n) is 2.91. The van der Waals surface area contributed by atoms with Crippen LogP contribution < -0.4 is 0 Å². The van der Waals surface area contributed by atoms with Crippen LogP contribution in [0.3, 0.4) is 0 Å². The Balaban J connectivity index is 3.17. The summed E-state index contributed by atoms with van der Waals surface area (Å²) in [7, 11) is 1.20. The van der Waals surface area contributed by atoms with Gasteiger partial charge in [0.25, 0.3) is 0 Å². The van der Waals surface area contributed by atoms with Gasteiger partial charge in [0.2, 0.25) is 9.05 Å². The van der Waals surface area contributed by atoms with E-state index in [1.54, 1.807) is 6.92 Å². The first kappa shape index (κ1) is 11.3. The van der Waals surface area contributed by atoms with Crippen LogP contribution in [0.25, 0.3) is 0 Å². The second kappa shape index (κ2) is 3.74. The number of aromatic hydroxyl groups is 1. The molecule has 0 aliphatic carbocycles. The summed E-state index contributed by atoms with van der Waals surface area (Å²) in [6, 6.07) is 2.12. The maximum Gasteiger partial charge on any atom is 0.236 e. The molecular formula is C8H8ClFO3S. The molecule has 1 rings (SSSR count). The zero-order valence-electron chi connectivity index (χ0n) is 7.29. The fraction of sp³-hybridized carbons (Fsp3) is 0.250. The van der Waals surface area contributed by atoms with Gasteiger partial charge in [-0.05, 0) is 18.6 Å². The van der Waals surface area contributed by atoms with Crippen LogP contribution >= 0.6 is 10.7 Å². The third kappa shape index (κ3) is 2.85. The molecule has 6 heteroatoms.